The van der Waals surface area contributed by atoms with E-state index in [4.69, 9.17) is 5.26 Å². The van der Waals surface area contributed by atoms with Gasteiger partial charge in [0.05, 0.1) is 22.3 Å². The van der Waals surface area contributed by atoms with Crippen LogP contribution in [0, 0.1) is 29.9 Å². The van der Waals surface area contributed by atoms with E-state index in [0.29, 0.717) is 22.1 Å². The summed E-state index contributed by atoms with van der Waals surface area (Å²) in [6, 6.07) is 12.1. The van der Waals surface area contributed by atoms with Crippen molar-refractivity contribution in [2.75, 3.05) is 0 Å². The van der Waals surface area contributed by atoms with Gasteiger partial charge in [0.1, 0.15) is 23.8 Å². The molecule has 178 valence electrons. The minimum atomic E-state index is -1.81. The van der Waals surface area contributed by atoms with Crippen molar-refractivity contribution in [3.05, 3.63) is 87.8 Å². The molecule has 0 amide bonds. The third-order valence-corrected chi connectivity index (χ3v) is 6.45. The molecule has 6 nitrogen and oxygen atoms in total. The molecular weight excluding hydrogens is 595 g/mol. The van der Waals surface area contributed by atoms with Gasteiger partial charge >= 0.3 is 6.33 Å². The van der Waals surface area contributed by atoms with Crippen LogP contribution in [-0.2, 0) is 12.1 Å². The van der Waals surface area contributed by atoms with Crippen LogP contribution in [0.15, 0.2) is 54.2 Å². The lowest BCUT2D eigenvalue weighted by Crippen LogP contribution is -3.00. The number of hydrogen-bond acceptors (Lipinski definition) is 5. The minimum absolute atomic E-state index is 0. The molecule has 0 fully saturated rings. The number of thiazole rings is 1. The average Bonchev–Trinajstić information content (AvgIpc) is 3.44. The van der Waals surface area contributed by atoms with Crippen molar-refractivity contribution in [2.24, 2.45) is 0 Å². The summed E-state index contributed by atoms with van der Waals surface area (Å²) in [5.41, 5.74) is 0.0711. The Balaban J connectivity index is 0.00000204. The first-order chi connectivity index (χ1) is 15.3. The molecule has 4 rings (SSSR count). The van der Waals surface area contributed by atoms with E-state index < -0.39 is 23.2 Å². The number of aliphatic hydroxyl groups is 1. The molecule has 11 heteroatoms. The van der Waals surface area contributed by atoms with Gasteiger partial charge in [0, 0.05) is 29.3 Å². The van der Waals surface area contributed by atoms with Gasteiger partial charge in [-0.25, -0.2) is 13.8 Å². The highest BCUT2D eigenvalue weighted by molar-refractivity contribution is 7.10. The van der Waals surface area contributed by atoms with Crippen molar-refractivity contribution < 1.29 is 42.5 Å². The molecule has 0 radical (unpaired) electrons. The first kappa shape index (κ1) is 27.8. The van der Waals surface area contributed by atoms with Crippen LogP contribution in [0.1, 0.15) is 34.8 Å². The molecule has 0 saturated heterocycles. The fraction of sp³-hybridized carbons (Fsp3) is 0.217. The zero-order valence-electron chi connectivity index (χ0n) is 18.2. The summed E-state index contributed by atoms with van der Waals surface area (Å²) < 4.78 is 30.4. The van der Waals surface area contributed by atoms with Crippen LogP contribution < -0.4 is 28.7 Å². The summed E-state index contributed by atoms with van der Waals surface area (Å²) in [6.07, 6.45) is 1.49. The number of H-pyrrole nitrogens is 1. The number of aromatic amines is 1. The quantitative estimate of drug-likeness (QED) is 0.254. The van der Waals surface area contributed by atoms with Crippen molar-refractivity contribution in [1.82, 2.24) is 15.1 Å². The molecule has 2 aromatic carbocycles. The SMILES string of the molecule is Cc1nc[n+](C[C@](O)(c2cc(F)ccc2F)[C@@H](C)c2nc(-c3ccc(C#N)cc3)cs2)[nH]1.Cl.[I-]. The smallest absolute Gasteiger partial charge is 0.307 e. The molecule has 0 bridgehead atoms. The summed E-state index contributed by atoms with van der Waals surface area (Å²) in [5.74, 6) is -1.40. The molecule has 4 aromatic rings. The maximum Gasteiger partial charge on any atom is 0.307 e. The number of aryl methyl sites for hydroxylation is 1. The van der Waals surface area contributed by atoms with Gasteiger partial charge < -0.3 is 29.1 Å². The third-order valence-electron chi connectivity index (χ3n) is 5.42. The molecule has 0 spiro atoms. The van der Waals surface area contributed by atoms with E-state index in [1.54, 1.807) is 38.1 Å². The van der Waals surface area contributed by atoms with Crippen molar-refractivity contribution in [1.29, 1.82) is 5.26 Å². The topological polar surface area (TPSA) is 89.5 Å². The fourth-order valence-corrected chi connectivity index (χ4v) is 4.56. The first-order valence-corrected chi connectivity index (χ1v) is 10.7. The second-order valence-electron chi connectivity index (χ2n) is 7.60. The van der Waals surface area contributed by atoms with Crippen molar-refractivity contribution in [2.45, 2.75) is 31.9 Å². The van der Waals surface area contributed by atoms with Crippen molar-refractivity contribution in [3.63, 3.8) is 0 Å². The summed E-state index contributed by atoms with van der Waals surface area (Å²) in [5, 5.41) is 26.1. The van der Waals surface area contributed by atoms with E-state index in [9.17, 15) is 13.9 Å². The second-order valence-corrected chi connectivity index (χ2v) is 8.49. The van der Waals surface area contributed by atoms with E-state index in [0.717, 1.165) is 23.8 Å². The van der Waals surface area contributed by atoms with Gasteiger partial charge in [0.15, 0.2) is 0 Å². The fourth-order valence-electron chi connectivity index (χ4n) is 3.59. The van der Waals surface area contributed by atoms with E-state index in [2.05, 4.69) is 21.1 Å². The van der Waals surface area contributed by atoms with Gasteiger partial charge in [0.25, 0.3) is 0 Å². The maximum absolute atomic E-state index is 14.8. The minimum Gasteiger partial charge on any atom is -1.00 e. The normalized spacial score (nSPS) is 13.2. The first-order valence-electron chi connectivity index (χ1n) is 9.85. The van der Waals surface area contributed by atoms with E-state index >= 15 is 0 Å². The Morgan fingerprint density at radius 3 is 2.56 bits per heavy atom. The van der Waals surface area contributed by atoms with Crippen molar-refractivity contribution in [3.8, 4) is 17.3 Å². The Labute approximate surface area is 222 Å². The Hall–Kier alpha value is -2.46. The van der Waals surface area contributed by atoms with Crippen LogP contribution in [0.5, 0.6) is 0 Å². The Bertz CT molecular complexity index is 1310. The molecular formula is C23H21ClF2IN5OS. The number of nitriles is 1. The van der Waals surface area contributed by atoms with Crippen LogP contribution in [-0.4, -0.2) is 20.2 Å². The molecule has 0 aliphatic heterocycles. The Morgan fingerprint density at radius 2 is 1.94 bits per heavy atom. The average molecular weight is 616 g/mol. The van der Waals surface area contributed by atoms with Gasteiger partial charge in [-0.2, -0.15) is 15.0 Å². The molecule has 0 aliphatic carbocycles. The lowest BCUT2D eigenvalue weighted by Gasteiger charge is -2.32. The number of halogens is 4. The van der Waals surface area contributed by atoms with E-state index in [1.807, 2.05) is 5.38 Å². The van der Waals surface area contributed by atoms with E-state index in [1.165, 1.54) is 22.3 Å². The predicted octanol–water partition coefficient (Wildman–Crippen LogP) is 1.40. The summed E-state index contributed by atoms with van der Waals surface area (Å²) in [7, 11) is 0. The molecule has 2 aromatic heterocycles. The number of hydrogen-bond donors (Lipinski definition) is 2. The Kier molecular flexibility index (Phi) is 9.24. The Morgan fingerprint density at radius 1 is 1.24 bits per heavy atom. The second kappa shape index (κ2) is 11.3. The van der Waals surface area contributed by atoms with Crippen LogP contribution in [0.2, 0.25) is 0 Å². The predicted molar refractivity (Wildman–Crippen MR) is 122 cm³/mol. The lowest BCUT2D eigenvalue weighted by atomic mass is 9.82. The van der Waals surface area contributed by atoms with Crippen LogP contribution in [0.4, 0.5) is 8.78 Å². The highest BCUT2D eigenvalue weighted by Crippen LogP contribution is 2.40. The molecule has 2 heterocycles. The number of nitrogens with zero attached hydrogens (tertiary/aromatic N) is 4. The molecule has 2 N–H and O–H groups in total. The number of nitrogens with one attached hydrogen (secondary N) is 1. The summed E-state index contributed by atoms with van der Waals surface area (Å²) >= 11 is 1.32. The van der Waals surface area contributed by atoms with Crippen LogP contribution in [0.25, 0.3) is 11.3 Å². The maximum atomic E-state index is 14.8. The van der Waals surface area contributed by atoms with Crippen molar-refractivity contribution >= 4 is 23.7 Å². The molecule has 2 atom stereocenters. The van der Waals surface area contributed by atoms with Gasteiger partial charge in [-0.1, -0.05) is 19.1 Å². The highest BCUT2D eigenvalue weighted by Gasteiger charge is 2.43. The summed E-state index contributed by atoms with van der Waals surface area (Å²) in [6.45, 7) is 3.41. The highest BCUT2D eigenvalue weighted by atomic mass is 127. The van der Waals surface area contributed by atoms with Gasteiger partial charge in [0.2, 0.25) is 5.82 Å². The third kappa shape index (κ3) is 5.60. The number of benzene rings is 2. The van der Waals surface area contributed by atoms with Gasteiger partial charge in [-0.3, -0.25) is 0 Å². The molecule has 0 aliphatic rings. The van der Waals surface area contributed by atoms with Gasteiger partial charge in [-0.15, -0.1) is 23.7 Å². The standard InChI is InChI=1S/C23H19F2N5OS.ClH.HI/c1-14(22-28-21(11-32-22)17-5-3-16(10-26)4-6-17)23(31,12-30-13-27-15(2)29-30)19-9-18(24)7-8-20(19)25;;/h3-9,11,13-14,31H,12H2,1-2H3;2*1H/t14-,23+;;/m0../s1. The van der Waals surface area contributed by atoms with Gasteiger partial charge in [-0.05, 0) is 35.3 Å². The lowest BCUT2D eigenvalue weighted by molar-refractivity contribution is -0.765. The zero-order chi connectivity index (χ0) is 22.9. The number of rotatable bonds is 6. The van der Waals surface area contributed by atoms with Crippen LogP contribution in [0.3, 0.4) is 0 Å². The molecule has 0 saturated carbocycles. The summed E-state index contributed by atoms with van der Waals surface area (Å²) in [4.78, 5) is 8.77. The number of aromatic nitrogens is 4. The largest absolute Gasteiger partial charge is 1.00 e. The molecule has 0 unspecified atom stereocenters. The monoisotopic (exact) mass is 615 g/mol. The molecule has 34 heavy (non-hydrogen) atoms. The zero-order valence-corrected chi connectivity index (χ0v) is 22.0. The van der Waals surface area contributed by atoms with Crippen LogP contribution >= 0.6 is 23.7 Å². The van der Waals surface area contributed by atoms with E-state index in [-0.39, 0.29) is 48.5 Å².